The summed E-state index contributed by atoms with van der Waals surface area (Å²) in [6, 6.07) is 8.01. The lowest BCUT2D eigenvalue weighted by Gasteiger charge is -2.34. The van der Waals surface area contributed by atoms with E-state index in [9.17, 15) is 4.79 Å². The molecule has 2 heterocycles. The van der Waals surface area contributed by atoms with E-state index >= 15 is 0 Å². The Morgan fingerprint density at radius 2 is 2.04 bits per heavy atom. The monoisotopic (exact) mass is 329 g/mol. The van der Waals surface area contributed by atoms with Crippen LogP contribution in [0.2, 0.25) is 0 Å². The van der Waals surface area contributed by atoms with Crippen LogP contribution in [0, 0.1) is 5.41 Å². The molecule has 0 atom stereocenters. The average Bonchev–Trinajstić information content (AvgIpc) is 3.14. The minimum atomic E-state index is -0.501. The molecule has 0 spiro atoms. The van der Waals surface area contributed by atoms with Crippen LogP contribution >= 0.6 is 0 Å². The molecule has 0 bridgehead atoms. The maximum Gasteiger partial charge on any atom is 0.227 e. The normalized spacial score (nSPS) is 16.7. The summed E-state index contributed by atoms with van der Waals surface area (Å²) in [6.07, 6.45) is 4.55. The molecule has 3 N–H and O–H groups in total. The molecule has 24 heavy (non-hydrogen) atoms. The minimum absolute atomic E-state index is 0.0175. The fourth-order valence-corrected chi connectivity index (χ4v) is 3.02. The van der Waals surface area contributed by atoms with E-state index in [4.69, 9.17) is 10.5 Å². The van der Waals surface area contributed by atoms with Gasteiger partial charge in [-0.15, -0.1) is 0 Å². The number of rotatable bonds is 6. The number of carbonyl (C=O) groups excluding carboxylic acids is 1. The SMILES string of the molecule is NCC1(C(=O)NCc2ccccc2Cn2cncn2)CCOCC1. The Bertz CT molecular complexity index is 665. The van der Waals surface area contributed by atoms with E-state index in [1.54, 1.807) is 11.0 Å². The highest BCUT2D eigenvalue weighted by atomic mass is 16.5. The fourth-order valence-electron chi connectivity index (χ4n) is 3.02. The van der Waals surface area contributed by atoms with Gasteiger partial charge in [-0.3, -0.25) is 4.79 Å². The third-order valence-electron chi connectivity index (χ3n) is 4.68. The minimum Gasteiger partial charge on any atom is -0.381 e. The van der Waals surface area contributed by atoms with Crippen molar-refractivity contribution in [2.75, 3.05) is 19.8 Å². The molecular formula is C17H23N5O2. The molecule has 1 amide bonds. The molecule has 3 rings (SSSR count). The molecule has 0 unspecified atom stereocenters. The van der Waals surface area contributed by atoms with Gasteiger partial charge in [0.15, 0.2) is 0 Å². The number of nitrogens with two attached hydrogens (primary N) is 1. The largest absolute Gasteiger partial charge is 0.381 e. The van der Waals surface area contributed by atoms with E-state index in [1.807, 2.05) is 24.3 Å². The molecule has 0 radical (unpaired) electrons. The van der Waals surface area contributed by atoms with Gasteiger partial charge in [-0.05, 0) is 24.0 Å². The van der Waals surface area contributed by atoms with Crippen molar-refractivity contribution in [3.8, 4) is 0 Å². The highest BCUT2D eigenvalue weighted by Gasteiger charge is 2.38. The molecule has 1 aromatic heterocycles. The number of nitrogens with one attached hydrogen (secondary N) is 1. The Kier molecular flexibility index (Phi) is 5.22. The molecule has 1 fully saturated rings. The van der Waals surface area contributed by atoms with Gasteiger partial charge in [0.1, 0.15) is 12.7 Å². The molecule has 1 saturated heterocycles. The molecule has 2 aromatic rings. The van der Waals surface area contributed by atoms with E-state index in [1.165, 1.54) is 6.33 Å². The Morgan fingerprint density at radius 1 is 1.29 bits per heavy atom. The predicted octanol–water partition coefficient (Wildman–Crippen LogP) is 0.698. The zero-order valence-corrected chi connectivity index (χ0v) is 13.6. The topological polar surface area (TPSA) is 95.1 Å². The van der Waals surface area contributed by atoms with Crippen LogP contribution in [-0.4, -0.2) is 40.4 Å². The lowest BCUT2D eigenvalue weighted by atomic mass is 9.79. The predicted molar refractivity (Wildman–Crippen MR) is 89.0 cm³/mol. The number of carbonyl (C=O) groups is 1. The summed E-state index contributed by atoms with van der Waals surface area (Å²) in [6.45, 7) is 2.64. The number of ether oxygens (including phenoxy) is 1. The third-order valence-corrected chi connectivity index (χ3v) is 4.68. The van der Waals surface area contributed by atoms with Crippen molar-refractivity contribution < 1.29 is 9.53 Å². The summed E-state index contributed by atoms with van der Waals surface area (Å²) >= 11 is 0. The summed E-state index contributed by atoms with van der Waals surface area (Å²) in [4.78, 5) is 16.6. The first-order valence-corrected chi connectivity index (χ1v) is 8.19. The molecule has 128 valence electrons. The first kappa shape index (κ1) is 16.6. The molecule has 7 nitrogen and oxygen atoms in total. The van der Waals surface area contributed by atoms with Crippen molar-refractivity contribution in [3.63, 3.8) is 0 Å². The summed E-state index contributed by atoms with van der Waals surface area (Å²) in [7, 11) is 0. The Balaban J connectivity index is 1.67. The van der Waals surface area contributed by atoms with Gasteiger partial charge in [0, 0.05) is 26.3 Å². The van der Waals surface area contributed by atoms with Gasteiger partial charge >= 0.3 is 0 Å². The Hall–Kier alpha value is -2.25. The van der Waals surface area contributed by atoms with Crippen molar-refractivity contribution in [2.24, 2.45) is 11.1 Å². The zero-order valence-electron chi connectivity index (χ0n) is 13.6. The summed E-state index contributed by atoms with van der Waals surface area (Å²) in [5, 5.41) is 7.19. The molecule has 7 heteroatoms. The van der Waals surface area contributed by atoms with E-state index in [0.717, 1.165) is 11.1 Å². The van der Waals surface area contributed by atoms with Crippen molar-refractivity contribution in [3.05, 3.63) is 48.0 Å². The number of nitrogens with zero attached hydrogens (tertiary/aromatic N) is 3. The Labute approximate surface area is 141 Å². The van der Waals surface area contributed by atoms with Crippen LogP contribution in [0.5, 0.6) is 0 Å². The van der Waals surface area contributed by atoms with Crippen LogP contribution < -0.4 is 11.1 Å². The second-order valence-electron chi connectivity index (χ2n) is 6.14. The summed E-state index contributed by atoms with van der Waals surface area (Å²) in [5.74, 6) is 0.0175. The van der Waals surface area contributed by atoms with Gasteiger partial charge < -0.3 is 15.8 Å². The van der Waals surface area contributed by atoms with Crippen LogP contribution in [0.15, 0.2) is 36.9 Å². The maximum absolute atomic E-state index is 12.7. The smallest absolute Gasteiger partial charge is 0.227 e. The second kappa shape index (κ2) is 7.55. The summed E-state index contributed by atoms with van der Waals surface area (Å²) in [5.41, 5.74) is 7.57. The van der Waals surface area contributed by atoms with Crippen LogP contribution in [-0.2, 0) is 22.6 Å². The highest BCUT2D eigenvalue weighted by molar-refractivity contribution is 5.83. The lowest BCUT2D eigenvalue weighted by Crippen LogP contribution is -2.49. The lowest BCUT2D eigenvalue weighted by molar-refractivity contribution is -0.136. The van der Waals surface area contributed by atoms with Crippen molar-refractivity contribution in [2.45, 2.75) is 25.9 Å². The van der Waals surface area contributed by atoms with E-state index < -0.39 is 5.41 Å². The van der Waals surface area contributed by atoms with Crippen LogP contribution in [0.4, 0.5) is 0 Å². The molecule has 0 aliphatic carbocycles. The van der Waals surface area contributed by atoms with Crippen LogP contribution in [0.3, 0.4) is 0 Å². The first-order valence-electron chi connectivity index (χ1n) is 8.19. The number of hydrogen-bond donors (Lipinski definition) is 2. The van der Waals surface area contributed by atoms with Crippen LogP contribution in [0.1, 0.15) is 24.0 Å². The molecule has 1 aliphatic rings. The molecule has 0 saturated carbocycles. The van der Waals surface area contributed by atoms with Gasteiger partial charge in [-0.2, -0.15) is 5.10 Å². The number of benzene rings is 1. The fraction of sp³-hybridized carbons (Fsp3) is 0.471. The van der Waals surface area contributed by atoms with Crippen LogP contribution in [0.25, 0.3) is 0 Å². The van der Waals surface area contributed by atoms with Crippen molar-refractivity contribution in [1.82, 2.24) is 20.1 Å². The van der Waals surface area contributed by atoms with E-state index in [2.05, 4.69) is 15.4 Å². The van der Waals surface area contributed by atoms with Crippen molar-refractivity contribution >= 4 is 5.91 Å². The van der Waals surface area contributed by atoms with Gasteiger partial charge in [0.2, 0.25) is 5.91 Å². The van der Waals surface area contributed by atoms with Crippen molar-refractivity contribution in [1.29, 1.82) is 0 Å². The number of amides is 1. The standard InChI is InChI=1S/C17H23N5O2/c18-11-17(5-7-24-8-6-17)16(23)20-9-14-3-1-2-4-15(14)10-22-13-19-12-21-22/h1-4,12-13H,5-11,18H2,(H,20,23). The van der Waals surface area contributed by atoms with Gasteiger partial charge in [-0.25, -0.2) is 9.67 Å². The number of aromatic nitrogens is 3. The quantitative estimate of drug-likeness (QED) is 0.813. The van der Waals surface area contributed by atoms with E-state index in [-0.39, 0.29) is 5.91 Å². The average molecular weight is 329 g/mol. The number of hydrogen-bond acceptors (Lipinski definition) is 5. The second-order valence-corrected chi connectivity index (χ2v) is 6.14. The first-order chi connectivity index (χ1) is 11.7. The summed E-state index contributed by atoms with van der Waals surface area (Å²) < 4.78 is 7.13. The van der Waals surface area contributed by atoms with E-state index in [0.29, 0.717) is 45.7 Å². The van der Waals surface area contributed by atoms with Gasteiger partial charge in [-0.1, -0.05) is 24.3 Å². The molecular weight excluding hydrogens is 306 g/mol. The zero-order chi connectivity index (χ0) is 16.8. The maximum atomic E-state index is 12.7. The molecule has 1 aliphatic heterocycles. The third kappa shape index (κ3) is 3.63. The Morgan fingerprint density at radius 3 is 2.71 bits per heavy atom. The molecule has 1 aromatic carbocycles. The van der Waals surface area contributed by atoms with Gasteiger partial charge in [0.05, 0.1) is 12.0 Å². The highest BCUT2D eigenvalue weighted by Crippen LogP contribution is 2.29. The van der Waals surface area contributed by atoms with Gasteiger partial charge in [0.25, 0.3) is 0 Å².